The Bertz CT molecular complexity index is 938. The SMILES string of the molecule is C/C(=N\OC(=O)N(CCN)CCNC(C)(C)C)[C@H]1CC[C@H]2[C@@H]3CCC4=CC(=O)CC[C@]4(C)[C@H]3CC[C@]12C. The molecule has 6 atom stereocenters. The van der Waals surface area contributed by atoms with Crippen molar-refractivity contribution >= 4 is 17.6 Å². The fraction of sp³-hybridized carbons (Fsp3) is 0.833. The first-order valence-corrected chi connectivity index (χ1v) is 14.6. The molecule has 4 aliphatic carbocycles. The Kier molecular flexibility index (Phi) is 8.25. The van der Waals surface area contributed by atoms with Crippen molar-refractivity contribution in [1.82, 2.24) is 10.2 Å². The van der Waals surface area contributed by atoms with Crippen LogP contribution in [0.5, 0.6) is 0 Å². The molecule has 4 aliphatic rings. The van der Waals surface area contributed by atoms with Crippen LogP contribution in [-0.4, -0.2) is 54.2 Å². The fourth-order valence-corrected chi connectivity index (χ4v) is 8.49. The van der Waals surface area contributed by atoms with Gasteiger partial charge in [-0.1, -0.05) is 24.6 Å². The molecule has 0 bridgehead atoms. The minimum Gasteiger partial charge on any atom is -0.329 e. The lowest BCUT2D eigenvalue weighted by atomic mass is 9.46. The molecular formula is C30H50N4O3. The maximum atomic E-state index is 12.8. The van der Waals surface area contributed by atoms with E-state index in [-0.39, 0.29) is 16.4 Å². The summed E-state index contributed by atoms with van der Waals surface area (Å²) < 4.78 is 0. The van der Waals surface area contributed by atoms with Crippen LogP contribution >= 0.6 is 0 Å². The Morgan fingerprint density at radius 1 is 1.14 bits per heavy atom. The molecular weight excluding hydrogens is 464 g/mol. The number of carbonyl (C=O) groups excluding carboxylic acids is 2. The summed E-state index contributed by atoms with van der Waals surface area (Å²) in [6, 6.07) is 0. The summed E-state index contributed by atoms with van der Waals surface area (Å²) in [5.41, 5.74) is 8.50. The predicted octanol–water partition coefficient (Wildman–Crippen LogP) is 5.30. The van der Waals surface area contributed by atoms with Crippen LogP contribution in [0.4, 0.5) is 4.79 Å². The van der Waals surface area contributed by atoms with Gasteiger partial charge in [0.2, 0.25) is 0 Å². The van der Waals surface area contributed by atoms with Crippen LogP contribution in [0.3, 0.4) is 0 Å². The van der Waals surface area contributed by atoms with Gasteiger partial charge < -0.3 is 16.0 Å². The average molecular weight is 515 g/mol. The van der Waals surface area contributed by atoms with Gasteiger partial charge in [0.15, 0.2) is 5.78 Å². The first kappa shape index (κ1) is 28.3. The van der Waals surface area contributed by atoms with Gasteiger partial charge in [-0.05, 0) is 107 Å². The average Bonchev–Trinajstić information content (AvgIpc) is 3.19. The van der Waals surface area contributed by atoms with E-state index < -0.39 is 6.09 Å². The third-order valence-corrected chi connectivity index (χ3v) is 10.4. The number of amides is 1. The summed E-state index contributed by atoms with van der Waals surface area (Å²) in [7, 11) is 0. The lowest BCUT2D eigenvalue weighted by molar-refractivity contribution is -0.117. The maximum absolute atomic E-state index is 12.8. The third-order valence-electron chi connectivity index (χ3n) is 10.4. The lowest BCUT2D eigenvalue weighted by Gasteiger charge is -2.58. The largest absolute Gasteiger partial charge is 0.436 e. The Hall–Kier alpha value is -1.73. The highest BCUT2D eigenvalue weighted by Crippen LogP contribution is 2.66. The van der Waals surface area contributed by atoms with Gasteiger partial charge in [0.1, 0.15) is 0 Å². The minimum absolute atomic E-state index is 0.0114. The molecule has 7 heteroatoms. The highest BCUT2D eigenvalue weighted by atomic mass is 16.7. The van der Waals surface area contributed by atoms with Crippen LogP contribution < -0.4 is 11.1 Å². The van der Waals surface area contributed by atoms with Crippen molar-refractivity contribution in [2.45, 2.75) is 98.4 Å². The number of allylic oxidation sites excluding steroid dienone is 1. The number of oxime groups is 1. The van der Waals surface area contributed by atoms with E-state index in [1.165, 1.54) is 31.3 Å². The Morgan fingerprint density at radius 3 is 2.59 bits per heavy atom. The van der Waals surface area contributed by atoms with E-state index in [2.05, 4.69) is 45.1 Å². The van der Waals surface area contributed by atoms with Gasteiger partial charge >= 0.3 is 6.09 Å². The van der Waals surface area contributed by atoms with Crippen molar-refractivity contribution in [1.29, 1.82) is 0 Å². The number of fused-ring (bicyclic) bond motifs is 5. The quantitative estimate of drug-likeness (QED) is 0.273. The van der Waals surface area contributed by atoms with Gasteiger partial charge in [0, 0.05) is 44.1 Å². The molecule has 0 spiro atoms. The molecule has 0 saturated heterocycles. The molecule has 0 aromatic heterocycles. The van der Waals surface area contributed by atoms with Gasteiger partial charge in [-0.2, -0.15) is 0 Å². The van der Waals surface area contributed by atoms with E-state index in [0.717, 1.165) is 25.0 Å². The highest BCUT2D eigenvalue weighted by Gasteiger charge is 2.59. The smallest absolute Gasteiger partial charge is 0.329 e. The number of hydrogen-bond acceptors (Lipinski definition) is 6. The molecule has 3 fully saturated rings. The maximum Gasteiger partial charge on any atom is 0.436 e. The van der Waals surface area contributed by atoms with Crippen LogP contribution in [-0.2, 0) is 9.63 Å². The van der Waals surface area contributed by atoms with Crippen molar-refractivity contribution in [3.05, 3.63) is 11.6 Å². The molecule has 0 heterocycles. The van der Waals surface area contributed by atoms with E-state index in [9.17, 15) is 9.59 Å². The summed E-state index contributed by atoms with van der Waals surface area (Å²) in [5, 5.41) is 7.82. The van der Waals surface area contributed by atoms with Crippen LogP contribution in [0.15, 0.2) is 16.8 Å². The van der Waals surface area contributed by atoms with Crippen LogP contribution in [0, 0.1) is 34.5 Å². The van der Waals surface area contributed by atoms with E-state index in [1.807, 2.05) is 13.0 Å². The molecule has 0 radical (unpaired) electrons. The van der Waals surface area contributed by atoms with Crippen LogP contribution in [0.1, 0.15) is 92.9 Å². The Morgan fingerprint density at radius 2 is 1.89 bits per heavy atom. The molecule has 0 aromatic carbocycles. The lowest BCUT2D eigenvalue weighted by Crippen LogP contribution is -2.51. The topological polar surface area (TPSA) is 97.0 Å². The van der Waals surface area contributed by atoms with Crippen molar-refractivity contribution in [2.75, 3.05) is 26.2 Å². The number of nitrogens with one attached hydrogen (secondary N) is 1. The molecule has 3 saturated carbocycles. The zero-order chi connectivity index (χ0) is 27.0. The number of nitrogens with two attached hydrogens (primary N) is 1. The van der Waals surface area contributed by atoms with Gasteiger partial charge in [-0.25, -0.2) is 4.79 Å². The molecule has 3 N–H and O–H groups in total. The van der Waals surface area contributed by atoms with Crippen LogP contribution in [0.2, 0.25) is 0 Å². The molecule has 37 heavy (non-hydrogen) atoms. The second-order valence-corrected chi connectivity index (χ2v) is 13.7. The zero-order valence-electron chi connectivity index (χ0n) is 24.1. The van der Waals surface area contributed by atoms with Crippen molar-refractivity contribution < 1.29 is 14.4 Å². The number of nitrogens with zero attached hydrogens (tertiary/aromatic N) is 2. The van der Waals surface area contributed by atoms with Gasteiger partial charge in [0.25, 0.3) is 0 Å². The third kappa shape index (κ3) is 5.68. The minimum atomic E-state index is -0.421. The van der Waals surface area contributed by atoms with E-state index in [4.69, 9.17) is 10.6 Å². The summed E-state index contributed by atoms with van der Waals surface area (Å²) in [4.78, 5) is 32.1. The number of carbonyl (C=O) groups is 2. The molecule has 7 nitrogen and oxygen atoms in total. The highest BCUT2D eigenvalue weighted by molar-refractivity contribution is 5.91. The van der Waals surface area contributed by atoms with Gasteiger partial charge in [0.05, 0.1) is 5.71 Å². The predicted molar refractivity (Wildman–Crippen MR) is 148 cm³/mol. The second kappa shape index (κ2) is 10.8. The van der Waals surface area contributed by atoms with Gasteiger partial charge in [-0.3, -0.25) is 9.63 Å². The van der Waals surface area contributed by atoms with E-state index >= 15 is 0 Å². The zero-order valence-corrected chi connectivity index (χ0v) is 24.1. The fourth-order valence-electron chi connectivity index (χ4n) is 8.49. The summed E-state index contributed by atoms with van der Waals surface area (Å²) in [5.74, 6) is 2.73. The first-order chi connectivity index (χ1) is 17.4. The molecule has 0 aromatic rings. The molecule has 0 aliphatic heterocycles. The van der Waals surface area contributed by atoms with E-state index in [1.54, 1.807) is 4.90 Å². The number of hydrogen-bond donors (Lipinski definition) is 2. The number of rotatable bonds is 7. The Labute approximate surface area is 224 Å². The molecule has 0 unspecified atom stereocenters. The molecule has 4 rings (SSSR count). The van der Waals surface area contributed by atoms with Crippen LogP contribution in [0.25, 0.3) is 0 Å². The molecule has 1 amide bonds. The summed E-state index contributed by atoms with van der Waals surface area (Å²) in [6.45, 7) is 15.3. The molecule has 208 valence electrons. The second-order valence-electron chi connectivity index (χ2n) is 13.7. The first-order valence-electron chi connectivity index (χ1n) is 14.6. The Balaban J connectivity index is 1.41. The van der Waals surface area contributed by atoms with Crippen molar-refractivity contribution in [3.8, 4) is 0 Å². The van der Waals surface area contributed by atoms with E-state index in [0.29, 0.717) is 62.1 Å². The monoisotopic (exact) mass is 514 g/mol. The van der Waals surface area contributed by atoms with Crippen molar-refractivity contribution in [3.63, 3.8) is 0 Å². The summed E-state index contributed by atoms with van der Waals surface area (Å²) in [6.07, 6.45) is 10.3. The standard InChI is InChI=1S/C30H50N4O3/c1-20(33-37-27(36)34(17-15-31)18-16-32-28(2,3)4)24-9-10-25-23-8-7-21-19-22(35)11-13-29(21,5)26(23)12-14-30(24,25)6/h19,23-26,32H,7-18,31H2,1-6H3/b33-20+/t23-,24+,25-,26-,29-,30+/m0/s1. The normalized spacial score (nSPS) is 35.8. The van der Waals surface area contributed by atoms with Gasteiger partial charge in [-0.15, -0.1) is 0 Å². The summed E-state index contributed by atoms with van der Waals surface area (Å²) >= 11 is 0. The van der Waals surface area contributed by atoms with Crippen molar-refractivity contribution in [2.24, 2.45) is 45.4 Å². The number of ketones is 1.